The number of methoxy groups -OCH3 is 1. The van der Waals surface area contributed by atoms with Crippen LogP contribution in [-0.4, -0.2) is 38.6 Å². The van der Waals surface area contributed by atoms with Crippen molar-refractivity contribution in [2.45, 2.75) is 30.7 Å². The summed E-state index contributed by atoms with van der Waals surface area (Å²) in [7, 11) is 1.57. The van der Waals surface area contributed by atoms with Gasteiger partial charge in [-0.25, -0.2) is 0 Å². The lowest BCUT2D eigenvalue weighted by Crippen LogP contribution is -2.44. The van der Waals surface area contributed by atoms with E-state index in [1.807, 2.05) is 0 Å². The van der Waals surface area contributed by atoms with Gasteiger partial charge in [-0.3, -0.25) is 0 Å². The number of hydrogen-bond donors (Lipinski definition) is 1. The topological polar surface area (TPSA) is 30.5 Å². The molecule has 1 heterocycles. The third-order valence-corrected chi connectivity index (χ3v) is 3.81. The normalized spacial score (nSPS) is 24.2. The van der Waals surface area contributed by atoms with Gasteiger partial charge in [-0.05, 0) is 5.56 Å². The molecule has 6 heteroatoms. The van der Waals surface area contributed by atoms with Crippen LogP contribution in [0.2, 0.25) is 0 Å². The summed E-state index contributed by atoms with van der Waals surface area (Å²) in [4.78, 5) is 0. The summed E-state index contributed by atoms with van der Waals surface area (Å²) in [5.74, 6) is 0. The first-order valence-corrected chi connectivity index (χ1v) is 6.92. The molecule has 0 amide bonds. The van der Waals surface area contributed by atoms with Gasteiger partial charge >= 0.3 is 6.18 Å². The lowest BCUT2D eigenvalue weighted by atomic mass is 9.99. The van der Waals surface area contributed by atoms with Crippen molar-refractivity contribution < 1.29 is 22.6 Å². The van der Waals surface area contributed by atoms with E-state index in [-0.39, 0.29) is 0 Å². The van der Waals surface area contributed by atoms with Crippen LogP contribution in [0.3, 0.4) is 0 Å². The molecule has 1 fully saturated rings. The molecule has 0 bridgehead atoms. The molecule has 1 aliphatic rings. The fraction of sp³-hybridized carbons (Fsp3) is 0.600. The number of rotatable bonds is 6. The SMILES string of the molecule is COC1(CNC(CC(F)(F)F)c2ccccc2)CCOC1. The quantitative estimate of drug-likeness (QED) is 0.876. The van der Waals surface area contributed by atoms with E-state index in [0.29, 0.717) is 31.7 Å². The Labute approximate surface area is 122 Å². The number of alkyl halides is 3. The highest BCUT2D eigenvalue weighted by molar-refractivity contribution is 5.19. The number of halogens is 3. The van der Waals surface area contributed by atoms with Gasteiger partial charge in [0.05, 0.1) is 13.0 Å². The summed E-state index contributed by atoms with van der Waals surface area (Å²) in [5, 5.41) is 3.00. The van der Waals surface area contributed by atoms with Crippen molar-refractivity contribution in [1.29, 1.82) is 0 Å². The Bertz CT molecular complexity index is 430. The summed E-state index contributed by atoms with van der Waals surface area (Å²) in [6.07, 6.45) is -4.44. The minimum atomic E-state index is -4.22. The zero-order chi connectivity index (χ0) is 15.3. The molecule has 1 aromatic carbocycles. The van der Waals surface area contributed by atoms with Crippen LogP contribution in [-0.2, 0) is 9.47 Å². The predicted octanol–water partition coefficient (Wildman–Crippen LogP) is 3.08. The minimum absolute atomic E-state index is 0.332. The monoisotopic (exact) mass is 303 g/mol. The van der Waals surface area contributed by atoms with Gasteiger partial charge in [0.15, 0.2) is 0 Å². The maximum Gasteiger partial charge on any atom is 0.390 e. The van der Waals surface area contributed by atoms with Crippen molar-refractivity contribution in [3.63, 3.8) is 0 Å². The maximum absolute atomic E-state index is 12.8. The molecule has 1 aromatic rings. The first kappa shape index (κ1) is 16.3. The van der Waals surface area contributed by atoms with E-state index < -0.39 is 24.2 Å². The Balaban J connectivity index is 2.06. The van der Waals surface area contributed by atoms with E-state index in [1.54, 1.807) is 37.4 Å². The van der Waals surface area contributed by atoms with Crippen LogP contribution < -0.4 is 5.32 Å². The molecule has 1 saturated heterocycles. The number of nitrogens with one attached hydrogen (secondary N) is 1. The second-order valence-corrected chi connectivity index (χ2v) is 5.35. The van der Waals surface area contributed by atoms with Crippen LogP contribution in [0.4, 0.5) is 13.2 Å². The molecule has 0 radical (unpaired) electrons. The van der Waals surface area contributed by atoms with Crippen LogP contribution in [0.1, 0.15) is 24.4 Å². The van der Waals surface area contributed by atoms with E-state index >= 15 is 0 Å². The summed E-state index contributed by atoms with van der Waals surface area (Å²) in [6.45, 7) is 1.31. The van der Waals surface area contributed by atoms with Crippen LogP contribution in [0, 0.1) is 0 Å². The summed E-state index contributed by atoms with van der Waals surface area (Å²) < 4.78 is 49.1. The van der Waals surface area contributed by atoms with Gasteiger partial charge in [0.25, 0.3) is 0 Å². The Morgan fingerprint density at radius 3 is 2.57 bits per heavy atom. The van der Waals surface area contributed by atoms with Gasteiger partial charge in [-0.15, -0.1) is 0 Å². The van der Waals surface area contributed by atoms with Crippen molar-refractivity contribution in [1.82, 2.24) is 5.32 Å². The van der Waals surface area contributed by atoms with Crippen molar-refractivity contribution >= 4 is 0 Å². The zero-order valence-electron chi connectivity index (χ0n) is 12.0. The number of benzene rings is 1. The molecule has 0 spiro atoms. The summed E-state index contributed by atoms with van der Waals surface area (Å²) in [5.41, 5.74) is 0.0959. The molecule has 118 valence electrons. The predicted molar refractivity (Wildman–Crippen MR) is 73.0 cm³/mol. The Morgan fingerprint density at radius 1 is 1.33 bits per heavy atom. The van der Waals surface area contributed by atoms with Crippen molar-refractivity contribution in [3.05, 3.63) is 35.9 Å². The average Bonchev–Trinajstić information content (AvgIpc) is 2.93. The molecule has 0 aliphatic carbocycles. The van der Waals surface area contributed by atoms with Gasteiger partial charge < -0.3 is 14.8 Å². The Kier molecular flexibility index (Phi) is 5.24. The van der Waals surface area contributed by atoms with E-state index in [2.05, 4.69) is 5.32 Å². The first-order chi connectivity index (χ1) is 9.94. The number of ether oxygens (including phenoxy) is 2. The molecule has 1 N–H and O–H groups in total. The molecule has 1 aliphatic heterocycles. The first-order valence-electron chi connectivity index (χ1n) is 6.92. The largest absolute Gasteiger partial charge is 0.390 e. The molecule has 2 atom stereocenters. The average molecular weight is 303 g/mol. The third kappa shape index (κ3) is 4.69. The fourth-order valence-electron chi connectivity index (χ4n) is 2.49. The smallest absolute Gasteiger partial charge is 0.378 e. The highest BCUT2D eigenvalue weighted by Gasteiger charge is 2.37. The van der Waals surface area contributed by atoms with Crippen molar-refractivity contribution in [2.75, 3.05) is 26.9 Å². The molecule has 0 saturated carbocycles. The van der Waals surface area contributed by atoms with Crippen LogP contribution >= 0.6 is 0 Å². The van der Waals surface area contributed by atoms with E-state index in [1.165, 1.54) is 0 Å². The van der Waals surface area contributed by atoms with E-state index in [9.17, 15) is 13.2 Å². The third-order valence-electron chi connectivity index (χ3n) is 3.81. The van der Waals surface area contributed by atoms with Gasteiger partial charge in [0, 0.05) is 32.7 Å². The molecular formula is C15H20F3NO2. The molecule has 2 rings (SSSR count). The van der Waals surface area contributed by atoms with Gasteiger partial charge in [0.1, 0.15) is 5.60 Å². The maximum atomic E-state index is 12.8. The Morgan fingerprint density at radius 2 is 2.05 bits per heavy atom. The van der Waals surface area contributed by atoms with Crippen LogP contribution in [0.15, 0.2) is 30.3 Å². The fourth-order valence-corrected chi connectivity index (χ4v) is 2.49. The second kappa shape index (κ2) is 6.77. The van der Waals surface area contributed by atoms with Crippen molar-refractivity contribution in [3.8, 4) is 0 Å². The van der Waals surface area contributed by atoms with Crippen LogP contribution in [0.25, 0.3) is 0 Å². The second-order valence-electron chi connectivity index (χ2n) is 5.35. The molecule has 3 nitrogen and oxygen atoms in total. The van der Waals surface area contributed by atoms with E-state index in [4.69, 9.17) is 9.47 Å². The highest BCUT2D eigenvalue weighted by atomic mass is 19.4. The highest BCUT2D eigenvalue weighted by Crippen LogP contribution is 2.30. The number of hydrogen-bond acceptors (Lipinski definition) is 3. The standard InChI is InChI=1S/C15H20F3NO2/c1-20-14(7-8-21-11-14)10-19-13(9-15(16,17)18)12-5-3-2-4-6-12/h2-6,13,19H,7-11H2,1H3. The lowest BCUT2D eigenvalue weighted by Gasteiger charge is -2.29. The van der Waals surface area contributed by atoms with Crippen molar-refractivity contribution in [2.24, 2.45) is 0 Å². The molecule has 0 aromatic heterocycles. The van der Waals surface area contributed by atoms with Gasteiger partial charge in [-0.1, -0.05) is 30.3 Å². The van der Waals surface area contributed by atoms with E-state index in [0.717, 1.165) is 0 Å². The zero-order valence-corrected chi connectivity index (χ0v) is 12.0. The summed E-state index contributed by atoms with van der Waals surface area (Å²) >= 11 is 0. The Hall–Kier alpha value is -1.11. The minimum Gasteiger partial charge on any atom is -0.378 e. The lowest BCUT2D eigenvalue weighted by molar-refractivity contribution is -0.141. The van der Waals surface area contributed by atoms with Crippen LogP contribution in [0.5, 0.6) is 0 Å². The molecule has 2 unspecified atom stereocenters. The molecular weight excluding hydrogens is 283 g/mol. The molecule has 21 heavy (non-hydrogen) atoms. The van der Waals surface area contributed by atoms with Gasteiger partial charge in [-0.2, -0.15) is 13.2 Å². The van der Waals surface area contributed by atoms with Gasteiger partial charge in [0.2, 0.25) is 0 Å². The summed E-state index contributed by atoms with van der Waals surface area (Å²) in [6, 6.07) is 7.90.